The molecule has 0 aliphatic heterocycles. The Morgan fingerprint density at radius 1 is 1.26 bits per heavy atom. The molecule has 1 aromatic carbocycles. The molecule has 0 saturated heterocycles. The average Bonchev–Trinajstić information content (AvgIpc) is 2.43. The van der Waals surface area contributed by atoms with Gasteiger partial charge in [-0.3, -0.25) is 0 Å². The van der Waals surface area contributed by atoms with Crippen molar-refractivity contribution >= 4 is 33.3 Å². The van der Waals surface area contributed by atoms with Gasteiger partial charge in [0.2, 0.25) is 0 Å². The van der Waals surface area contributed by atoms with Gasteiger partial charge < -0.3 is 10.7 Å². The number of nitrogens with two attached hydrogens (primary N) is 1. The summed E-state index contributed by atoms with van der Waals surface area (Å²) in [5, 5.41) is 3.29. The fourth-order valence-electron chi connectivity index (χ4n) is 1.67. The summed E-state index contributed by atoms with van der Waals surface area (Å²) in [6.07, 6.45) is 0.752. The van der Waals surface area contributed by atoms with E-state index in [9.17, 15) is 0 Å². The van der Waals surface area contributed by atoms with Gasteiger partial charge in [-0.05, 0) is 24.6 Å². The summed E-state index contributed by atoms with van der Waals surface area (Å²) in [7, 11) is 0. The van der Waals surface area contributed by atoms with Crippen LogP contribution in [0.3, 0.4) is 0 Å². The molecule has 0 spiro atoms. The Labute approximate surface area is 120 Å². The third-order valence-electron chi connectivity index (χ3n) is 2.77. The normalized spacial score (nSPS) is 10.3. The van der Waals surface area contributed by atoms with E-state index in [1.54, 1.807) is 6.07 Å². The van der Waals surface area contributed by atoms with Crippen LogP contribution in [0.4, 0.5) is 17.3 Å². The van der Waals surface area contributed by atoms with Crippen LogP contribution < -0.4 is 16.6 Å². The van der Waals surface area contributed by atoms with Gasteiger partial charge in [-0.2, -0.15) is 0 Å². The Kier molecular flexibility index (Phi) is 4.34. The third-order valence-corrected chi connectivity index (χ3v) is 3.63. The molecule has 0 fully saturated rings. The Morgan fingerprint density at radius 2 is 2.00 bits per heavy atom. The first-order chi connectivity index (χ1) is 9.13. The minimum atomic E-state index is 0.599. The maximum absolute atomic E-state index is 5.41. The van der Waals surface area contributed by atoms with Crippen molar-refractivity contribution in [1.29, 1.82) is 0 Å². The molecule has 0 unspecified atom stereocenters. The second-order valence-electron chi connectivity index (χ2n) is 4.09. The Hall–Kier alpha value is -1.66. The molecule has 1 heterocycles. The van der Waals surface area contributed by atoms with Crippen LogP contribution in [-0.2, 0) is 6.42 Å². The highest BCUT2D eigenvalue weighted by atomic mass is 79.9. The van der Waals surface area contributed by atoms with E-state index in [-0.39, 0.29) is 0 Å². The van der Waals surface area contributed by atoms with Crippen LogP contribution in [0.2, 0.25) is 0 Å². The van der Waals surface area contributed by atoms with Crippen molar-refractivity contribution in [3.63, 3.8) is 0 Å². The molecule has 0 aliphatic rings. The van der Waals surface area contributed by atoms with E-state index >= 15 is 0 Å². The second-order valence-corrected chi connectivity index (χ2v) is 4.94. The first-order valence-electron chi connectivity index (χ1n) is 6.00. The maximum atomic E-state index is 5.41. The molecule has 0 aliphatic carbocycles. The van der Waals surface area contributed by atoms with E-state index in [2.05, 4.69) is 36.6 Å². The lowest BCUT2D eigenvalue weighted by Crippen LogP contribution is -2.11. The van der Waals surface area contributed by atoms with Gasteiger partial charge in [0.1, 0.15) is 17.5 Å². The molecule has 0 atom stereocenters. The average molecular weight is 322 g/mol. The molecule has 2 rings (SSSR count). The molecule has 0 bridgehead atoms. The van der Waals surface area contributed by atoms with E-state index in [0.29, 0.717) is 5.82 Å². The molecule has 1 aromatic heterocycles. The minimum absolute atomic E-state index is 0.599. The zero-order valence-electron chi connectivity index (χ0n) is 10.9. The number of hydrogen-bond donors (Lipinski definition) is 3. The van der Waals surface area contributed by atoms with Crippen LogP contribution in [0.15, 0.2) is 28.7 Å². The molecular formula is C13H16BrN5. The fourth-order valence-corrected chi connectivity index (χ4v) is 2.04. The number of aryl methyl sites for hydroxylation is 1. The number of nitrogens with zero attached hydrogens (tertiary/aromatic N) is 2. The van der Waals surface area contributed by atoms with Crippen LogP contribution in [0.25, 0.3) is 0 Å². The number of halogens is 1. The van der Waals surface area contributed by atoms with E-state index in [1.807, 2.05) is 32.0 Å². The number of nitrogen functional groups attached to an aromatic ring is 1. The lowest BCUT2D eigenvalue weighted by Gasteiger charge is -2.12. The summed E-state index contributed by atoms with van der Waals surface area (Å²) in [5.41, 5.74) is 4.68. The van der Waals surface area contributed by atoms with Crippen molar-refractivity contribution in [2.24, 2.45) is 5.84 Å². The molecule has 5 nitrogen and oxygen atoms in total. The van der Waals surface area contributed by atoms with Crippen molar-refractivity contribution in [1.82, 2.24) is 9.97 Å². The van der Waals surface area contributed by atoms with E-state index in [0.717, 1.165) is 33.8 Å². The van der Waals surface area contributed by atoms with Crippen LogP contribution in [0.5, 0.6) is 0 Å². The van der Waals surface area contributed by atoms with Gasteiger partial charge in [0.05, 0.1) is 0 Å². The lowest BCUT2D eigenvalue weighted by molar-refractivity contribution is 0.941. The monoisotopic (exact) mass is 321 g/mol. The van der Waals surface area contributed by atoms with Gasteiger partial charge in [0.25, 0.3) is 0 Å². The Bertz CT molecular complexity index is 563. The number of nitrogens with one attached hydrogen (secondary N) is 2. The zero-order chi connectivity index (χ0) is 13.8. The third kappa shape index (κ3) is 3.21. The number of hydrazine groups is 1. The van der Waals surface area contributed by atoms with Crippen molar-refractivity contribution in [2.45, 2.75) is 20.3 Å². The highest BCUT2D eigenvalue weighted by Crippen LogP contribution is 2.26. The zero-order valence-corrected chi connectivity index (χ0v) is 12.5. The molecule has 6 heteroatoms. The van der Waals surface area contributed by atoms with Gasteiger partial charge in [-0.1, -0.05) is 28.9 Å². The summed E-state index contributed by atoms with van der Waals surface area (Å²) in [4.78, 5) is 8.69. The molecule has 0 amide bonds. The largest absolute Gasteiger partial charge is 0.340 e. The maximum Gasteiger partial charge on any atom is 0.145 e. The molecule has 19 heavy (non-hydrogen) atoms. The highest BCUT2D eigenvalue weighted by molar-refractivity contribution is 9.10. The summed E-state index contributed by atoms with van der Waals surface area (Å²) in [5.74, 6) is 7.48. The quantitative estimate of drug-likeness (QED) is 0.595. The number of hydrogen-bond acceptors (Lipinski definition) is 5. The van der Waals surface area contributed by atoms with Gasteiger partial charge in [0, 0.05) is 22.6 Å². The summed E-state index contributed by atoms with van der Waals surface area (Å²) in [6.45, 7) is 4.04. The van der Waals surface area contributed by atoms with Crippen LogP contribution in [0.1, 0.15) is 18.3 Å². The minimum Gasteiger partial charge on any atom is -0.340 e. The van der Waals surface area contributed by atoms with E-state index < -0.39 is 0 Å². The van der Waals surface area contributed by atoms with Crippen molar-refractivity contribution in [2.75, 3.05) is 10.7 Å². The standard InChI is InChI=1S/C13H16BrN5/c1-3-11-17-12(7-13(18-11)19-15)16-10-6-4-5-9(14)8(10)2/h4-7H,3,15H2,1-2H3,(H2,16,17,18,19). The van der Waals surface area contributed by atoms with Crippen molar-refractivity contribution < 1.29 is 0 Å². The smallest absolute Gasteiger partial charge is 0.145 e. The predicted octanol–water partition coefficient (Wildman–Crippen LogP) is 3.14. The first-order valence-corrected chi connectivity index (χ1v) is 6.80. The molecule has 100 valence electrons. The topological polar surface area (TPSA) is 75.9 Å². The van der Waals surface area contributed by atoms with Gasteiger partial charge in [-0.15, -0.1) is 0 Å². The summed E-state index contributed by atoms with van der Waals surface area (Å²) < 4.78 is 1.06. The Morgan fingerprint density at radius 3 is 2.68 bits per heavy atom. The van der Waals surface area contributed by atoms with Crippen LogP contribution >= 0.6 is 15.9 Å². The highest BCUT2D eigenvalue weighted by Gasteiger charge is 2.06. The number of benzene rings is 1. The molecule has 0 radical (unpaired) electrons. The molecular weight excluding hydrogens is 306 g/mol. The second kappa shape index (κ2) is 5.99. The lowest BCUT2D eigenvalue weighted by atomic mass is 10.2. The first kappa shape index (κ1) is 13.8. The SMILES string of the molecule is CCc1nc(NN)cc(Nc2cccc(Br)c2C)n1. The van der Waals surface area contributed by atoms with Gasteiger partial charge >= 0.3 is 0 Å². The fraction of sp³-hybridized carbons (Fsp3) is 0.231. The van der Waals surface area contributed by atoms with E-state index in [1.165, 1.54) is 0 Å². The Balaban J connectivity index is 2.34. The molecule has 4 N–H and O–H groups in total. The molecule has 2 aromatic rings. The summed E-state index contributed by atoms with van der Waals surface area (Å²) in [6, 6.07) is 7.76. The van der Waals surface area contributed by atoms with Crippen LogP contribution in [0, 0.1) is 6.92 Å². The van der Waals surface area contributed by atoms with Gasteiger partial charge in [0.15, 0.2) is 0 Å². The van der Waals surface area contributed by atoms with Gasteiger partial charge in [-0.25, -0.2) is 15.8 Å². The van der Waals surface area contributed by atoms with Crippen molar-refractivity contribution in [3.8, 4) is 0 Å². The number of rotatable bonds is 4. The van der Waals surface area contributed by atoms with E-state index in [4.69, 9.17) is 5.84 Å². The molecule has 0 saturated carbocycles. The predicted molar refractivity (Wildman–Crippen MR) is 81.4 cm³/mol. The number of aromatic nitrogens is 2. The van der Waals surface area contributed by atoms with Crippen LogP contribution in [-0.4, -0.2) is 9.97 Å². The summed E-state index contributed by atoms with van der Waals surface area (Å²) >= 11 is 3.51. The van der Waals surface area contributed by atoms with Crippen molar-refractivity contribution in [3.05, 3.63) is 40.1 Å². The number of anilines is 3.